The van der Waals surface area contributed by atoms with E-state index < -0.39 is 0 Å². The number of unbranched alkanes of at least 4 members (excludes halogenated alkanes) is 4. The van der Waals surface area contributed by atoms with Crippen molar-refractivity contribution in [3.63, 3.8) is 0 Å². The maximum atomic E-state index is 13.6. The fourth-order valence-electron chi connectivity index (χ4n) is 5.19. The molecule has 0 aliphatic carbocycles. The number of aryl methyl sites for hydroxylation is 1. The number of fused-ring (bicyclic) bond motifs is 1. The van der Waals surface area contributed by atoms with Crippen molar-refractivity contribution in [2.75, 3.05) is 75.9 Å². The molecule has 0 spiro atoms. The molecule has 3 heterocycles. The predicted molar refractivity (Wildman–Crippen MR) is 182 cm³/mol. The van der Waals surface area contributed by atoms with Crippen LogP contribution in [0.15, 0.2) is 44.0 Å². The van der Waals surface area contributed by atoms with Crippen LogP contribution in [-0.2, 0) is 0 Å². The lowest BCUT2D eigenvalue weighted by atomic mass is 10.1. The van der Waals surface area contributed by atoms with Crippen LogP contribution in [0, 0.1) is 6.92 Å². The molecule has 0 bridgehead atoms. The Bertz CT molecular complexity index is 1230. The Morgan fingerprint density at radius 3 is 2.26 bits per heavy atom. The van der Waals surface area contributed by atoms with Gasteiger partial charge in [-0.1, -0.05) is 56.5 Å². The van der Waals surface area contributed by atoms with Crippen LogP contribution in [0.3, 0.4) is 0 Å². The molecule has 0 saturated carbocycles. The zero-order chi connectivity index (χ0) is 30.4. The summed E-state index contributed by atoms with van der Waals surface area (Å²) >= 11 is 4.78. The number of nitrogens with zero attached hydrogens (tertiary/aromatic N) is 6. The van der Waals surface area contributed by atoms with Crippen molar-refractivity contribution in [1.29, 1.82) is 0 Å². The summed E-state index contributed by atoms with van der Waals surface area (Å²) in [4.78, 5) is 34.3. The molecular weight excluding hydrogens is 599 g/mol. The Labute approximate surface area is 269 Å². The monoisotopic (exact) mass is 645 g/mol. The van der Waals surface area contributed by atoms with Crippen molar-refractivity contribution >= 4 is 58.1 Å². The van der Waals surface area contributed by atoms with Gasteiger partial charge < -0.3 is 19.5 Å². The van der Waals surface area contributed by atoms with E-state index in [0.29, 0.717) is 0 Å². The summed E-state index contributed by atoms with van der Waals surface area (Å²) in [6.45, 7) is 11.8. The second-order valence-corrected chi connectivity index (χ2v) is 13.5. The summed E-state index contributed by atoms with van der Waals surface area (Å²) in [5, 5.41) is 5.57. The molecular formula is C31H47N7O2S3. The van der Waals surface area contributed by atoms with Gasteiger partial charge in [-0.05, 0) is 51.0 Å². The highest BCUT2D eigenvalue weighted by atomic mass is 32.2. The number of amides is 2. The van der Waals surface area contributed by atoms with Crippen molar-refractivity contribution in [2.24, 2.45) is 0 Å². The van der Waals surface area contributed by atoms with Gasteiger partial charge in [0.2, 0.25) is 0 Å². The third-order valence-corrected chi connectivity index (χ3v) is 9.94. The van der Waals surface area contributed by atoms with E-state index in [1.54, 1.807) is 35.3 Å². The van der Waals surface area contributed by atoms with Gasteiger partial charge in [-0.3, -0.25) is 4.90 Å². The van der Waals surface area contributed by atoms with Gasteiger partial charge in [0.25, 0.3) is 5.22 Å². The number of piperazine rings is 1. The van der Waals surface area contributed by atoms with E-state index in [2.05, 4.69) is 37.0 Å². The highest BCUT2D eigenvalue weighted by molar-refractivity contribution is 7.99. The fraction of sp³-hybridized carbons (Fsp3) is 0.613. The quantitative estimate of drug-likeness (QED) is 0.0943. The smallest absolute Gasteiger partial charge is 0.322 e. The Balaban J connectivity index is 1.22. The average molecular weight is 646 g/mol. The first-order chi connectivity index (χ1) is 21.0. The fourth-order valence-corrected chi connectivity index (χ4v) is 7.17. The van der Waals surface area contributed by atoms with E-state index in [9.17, 15) is 4.79 Å². The van der Waals surface area contributed by atoms with Crippen LogP contribution in [0.5, 0.6) is 0 Å². The lowest BCUT2D eigenvalue weighted by Gasteiger charge is -2.36. The first-order valence-electron chi connectivity index (χ1n) is 15.5. The minimum Gasteiger partial charge on any atom is -0.431 e. The highest BCUT2D eigenvalue weighted by Gasteiger charge is 2.22. The molecule has 9 nitrogen and oxygen atoms in total. The minimum atomic E-state index is -0.0522. The van der Waals surface area contributed by atoms with Crippen LogP contribution in [0.1, 0.15) is 51.3 Å². The molecule has 0 atom stereocenters. The number of nitrogens with one attached hydrogen (secondary N) is 1. The summed E-state index contributed by atoms with van der Waals surface area (Å²) in [6, 6.07) is 7.87. The number of urea groups is 1. The van der Waals surface area contributed by atoms with Gasteiger partial charge in [0.05, 0.1) is 0 Å². The van der Waals surface area contributed by atoms with Crippen LogP contribution in [-0.4, -0.2) is 106 Å². The first kappa shape index (κ1) is 33.9. The van der Waals surface area contributed by atoms with Crippen molar-refractivity contribution in [2.45, 2.75) is 67.6 Å². The van der Waals surface area contributed by atoms with E-state index in [0.717, 1.165) is 115 Å². The number of hydrogen-bond acceptors (Lipinski definition) is 10. The van der Waals surface area contributed by atoms with E-state index in [1.807, 2.05) is 48.6 Å². The molecule has 2 aromatic heterocycles. The van der Waals surface area contributed by atoms with Crippen molar-refractivity contribution < 1.29 is 9.21 Å². The highest BCUT2D eigenvalue weighted by Crippen LogP contribution is 2.32. The van der Waals surface area contributed by atoms with Crippen molar-refractivity contribution in [3.8, 4) is 0 Å². The molecule has 0 radical (unpaired) electrons. The molecule has 1 aliphatic heterocycles. The number of carbonyl (C=O) groups is 1. The van der Waals surface area contributed by atoms with E-state index in [-0.39, 0.29) is 6.03 Å². The molecule has 1 aromatic carbocycles. The molecule has 236 valence electrons. The molecule has 12 heteroatoms. The summed E-state index contributed by atoms with van der Waals surface area (Å²) in [6.07, 6.45) is 11.0. The molecule has 1 fully saturated rings. The number of aromatic nitrogens is 3. The summed E-state index contributed by atoms with van der Waals surface area (Å²) in [5.41, 5.74) is 2.51. The molecule has 3 aromatic rings. The van der Waals surface area contributed by atoms with Gasteiger partial charge in [0.1, 0.15) is 27.1 Å². The topological polar surface area (TPSA) is 90.6 Å². The predicted octanol–water partition coefficient (Wildman–Crippen LogP) is 6.97. The second-order valence-electron chi connectivity index (χ2n) is 10.8. The Morgan fingerprint density at radius 1 is 0.907 bits per heavy atom. The maximum Gasteiger partial charge on any atom is 0.322 e. The number of anilines is 1. The minimum absolute atomic E-state index is 0.0522. The molecule has 2 amide bonds. The number of para-hydroxylation sites is 2. The van der Waals surface area contributed by atoms with Gasteiger partial charge >= 0.3 is 6.03 Å². The van der Waals surface area contributed by atoms with Gasteiger partial charge in [0, 0.05) is 51.6 Å². The Morgan fingerprint density at radius 2 is 1.58 bits per heavy atom. The molecule has 1 saturated heterocycles. The lowest BCUT2D eigenvalue weighted by Crippen LogP contribution is -2.49. The third kappa shape index (κ3) is 10.6. The largest absolute Gasteiger partial charge is 0.431 e. The van der Waals surface area contributed by atoms with E-state index in [4.69, 9.17) is 4.42 Å². The van der Waals surface area contributed by atoms with Gasteiger partial charge in [-0.2, -0.15) is 0 Å². The van der Waals surface area contributed by atoms with E-state index in [1.165, 1.54) is 19.3 Å². The standard InChI is InChI=1S/C31H47N7O2S3/c1-5-6-7-8-11-16-38(30(39)35-27-28(41-3)32-24(2)33-29(27)42-4)22-21-37-19-17-36(18-20-37)15-12-23-43-31-34-25-13-9-10-14-26(25)40-31/h9-10,13-14H,5-8,11-12,15-23H2,1-4H3,(H,35,39). The number of benzene rings is 1. The molecule has 1 N–H and O–H groups in total. The van der Waals surface area contributed by atoms with Crippen molar-refractivity contribution in [1.82, 2.24) is 29.7 Å². The molecule has 43 heavy (non-hydrogen) atoms. The Kier molecular flexibility index (Phi) is 14.3. The SMILES string of the molecule is CCCCCCCN(CCN1CCN(CCCSc2nc3ccccc3o2)CC1)C(=O)Nc1c(SC)nc(C)nc1SC. The lowest BCUT2D eigenvalue weighted by molar-refractivity contribution is 0.122. The summed E-state index contributed by atoms with van der Waals surface area (Å²) in [7, 11) is 0. The van der Waals surface area contributed by atoms with E-state index >= 15 is 0 Å². The third-order valence-electron chi connectivity index (χ3n) is 7.66. The van der Waals surface area contributed by atoms with Crippen LogP contribution >= 0.6 is 35.3 Å². The van der Waals surface area contributed by atoms with Crippen LogP contribution < -0.4 is 5.32 Å². The number of rotatable bonds is 17. The summed E-state index contributed by atoms with van der Waals surface area (Å²) < 4.78 is 5.83. The van der Waals surface area contributed by atoms with Crippen LogP contribution in [0.4, 0.5) is 10.5 Å². The number of thioether (sulfide) groups is 3. The van der Waals surface area contributed by atoms with Gasteiger partial charge in [-0.15, -0.1) is 23.5 Å². The van der Waals surface area contributed by atoms with Crippen LogP contribution in [0.2, 0.25) is 0 Å². The second kappa shape index (κ2) is 18.1. The molecule has 1 aliphatic rings. The van der Waals surface area contributed by atoms with Crippen LogP contribution in [0.25, 0.3) is 11.1 Å². The number of carbonyl (C=O) groups excluding carboxylic acids is 1. The first-order valence-corrected chi connectivity index (χ1v) is 18.9. The zero-order valence-electron chi connectivity index (χ0n) is 26.1. The molecule has 0 unspecified atom stereocenters. The molecule has 4 rings (SSSR count). The summed E-state index contributed by atoms with van der Waals surface area (Å²) in [5.74, 6) is 1.72. The Hall–Kier alpha value is -1.99. The van der Waals surface area contributed by atoms with Gasteiger partial charge in [0.15, 0.2) is 5.58 Å². The van der Waals surface area contributed by atoms with Crippen molar-refractivity contribution in [3.05, 3.63) is 30.1 Å². The normalized spacial score (nSPS) is 14.4. The number of hydrogen-bond donors (Lipinski definition) is 1. The maximum absolute atomic E-state index is 13.6. The average Bonchev–Trinajstić information content (AvgIpc) is 3.44. The number of oxazole rings is 1. The van der Waals surface area contributed by atoms with Gasteiger partial charge in [-0.25, -0.2) is 19.7 Å². The zero-order valence-corrected chi connectivity index (χ0v) is 28.6.